The maximum absolute atomic E-state index is 8.96. The average Bonchev–Trinajstić information content (AvgIpc) is 2.33. The molecule has 0 unspecified atom stereocenters. The van der Waals surface area contributed by atoms with E-state index in [0.29, 0.717) is 5.56 Å². The summed E-state index contributed by atoms with van der Waals surface area (Å²) >= 11 is 7.38. The summed E-state index contributed by atoms with van der Waals surface area (Å²) < 4.78 is 0. The van der Waals surface area contributed by atoms with Gasteiger partial charge in [0.05, 0.1) is 5.56 Å². The van der Waals surface area contributed by atoms with Crippen molar-refractivity contribution in [1.29, 1.82) is 5.26 Å². The molecule has 0 aliphatic rings. The lowest BCUT2D eigenvalue weighted by Gasteiger charge is -2.03. The van der Waals surface area contributed by atoms with Crippen LogP contribution in [-0.4, -0.2) is 0 Å². The molecular weight excluding hydrogens is 238 g/mol. The molecule has 1 nitrogen and oxygen atoms in total. The van der Waals surface area contributed by atoms with Crippen molar-refractivity contribution in [3.05, 3.63) is 59.1 Å². The lowest BCUT2D eigenvalue weighted by atomic mass is 10.2. The number of hydrogen-bond donors (Lipinski definition) is 0. The highest BCUT2D eigenvalue weighted by molar-refractivity contribution is 7.99. The quantitative estimate of drug-likeness (QED) is 0.785. The zero-order valence-corrected chi connectivity index (χ0v) is 9.92. The van der Waals surface area contributed by atoms with Crippen molar-refractivity contribution in [3.63, 3.8) is 0 Å². The van der Waals surface area contributed by atoms with Gasteiger partial charge in [0.2, 0.25) is 0 Å². The Balaban J connectivity index is 2.27. The molecule has 0 saturated heterocycles. The number of nitriles is 1. The minimum Gasteiger partial charge on any atom is -0.192 e. The third-order valence-corrected chi connectivity index (χ3v) is 3.38. The summed E-state index contributed by atoms with van der Waals surface area (Å²) in [5, 5.41) is 9.68. The molecule has 2 rings (SSSR count). The highest BCUT2D eigenvalue weighted by Gasteiger charge is 2.02. The van der Waals surface area contributed by atoms with E-state index in [9.17, 15) is 0 Å². The van der Waals surface area contributed by atoms with Gasteiger partial charge in [-0.05, 0) is 36.4 Å². The van der Waals surface area contributed by atoms with Gasteiger partial charge in [0.25, 0.3) is 0 Å². The molecule has 16 heavy (non-hydrogen) atoms. The Morgan fingerprint density at radius 3 is 2.38 bits per heavy atom. The van der Waals surface area contributed by atoms with Crippen LogP contribution in [0, 0.1) is 11.3 Å². The molecule has 0 atom stereocenters. The summed E-state index contributed by atoms with van der Waals surface area (Å²) in [6.45, 7) is 0. The fraction of sp³-hybridized carbons (Fsp3) is 0. The molecule has 0 heterocycles. The maximum atomic E-state index is 8.96. The molecule has 0 saturated carbocycles. The number of halogens is 1. The first kappa shape index (κ1) is 11.1. The summed E-state index contributed by atoms with van der Waals surface area (Å²) in [4.78, 5) is 2.04. The summed E-state index contributed by atoms with van der Waals surface area (Å²) in [5.74, 6) is 0. The Kier molecular flexibility index (Phi) is 3.51. The summed E-state index contributed by atoms with van der Waals surface area (Å²) in [5.41, 5.74) is 0.697. The molecule has 0 aliphatic carbocycles. The van der Waals surface area contributed by atoms with Crippen LogP contribution >= 0.6 is 23.4 Å². The van der Waals surface area contributed by atoms with Crippen molar-refractivity contribution >= 4 is 23.4 Å². The normalized spacial score (nSPS) is 9.75. The van der Waals surface area contributed by atoms with E-state index in [1.54, 1.807) is 11.8 Å². The SMILES string of the molecule is N#Cc1ccccc1Sc1ccc(Cl)cc1. The molecule has 0 spiro atoms. The van der Waals surface area contributed by atoms with Crippen LogP contribution in [0.3, 0.4) is 0 Å². The predicted molar refractivity (Wildman–Crippen MR) is 66.7 cm³/mol. The van der Waals surface area contributed by atoms with Crippen molar-refractivity contribution in [2.45, 2.75) is 9.79 Å². The van der Waals surface area contributed by atoms with Gasteiger partial charge in [-0.25, -0.2) is 0 Å². The topological polar surface area (TPSA) is 23.8 Å². The van der Waals surface area contributed by atoms with Crippen molar-refractivity contribution in [3.8, 4) is 6.07 Å². The van der Waals surface area contributed by atoms with E-state index in [1.807, 2.05) is 48.5 Å². The fourth-order valence-corrected chi connectivity index (χ4v) is 2.30. The Labute approximate surface area is 104 Å². The minimum absolute atomic E-state index is 0.697. The molecule has 0 radical (unpaired) electrons. The molecule has 78 valence electrons. The zero-order valence-electron chi connectivity index (χ0n) is 8.35. The molecule has 0 fully saturated rings. The number of nitrogens with zero attached hydrogens (tertiary/aromatic N) is 1. The van der Waals surface area contributed by atoms with E-state index in [2.05, 4.69) is 6.07 Å². The summed E-state index contributed by atoms with van der Waals surface area (Å²) in [6.07, 6.45) is 0. The Bertz CT molecular complexity index is 528. The first-order chi connectivity index (χ1) is 7.79. The Hall–Kier alpha value is -1.43. The highest BCUT2D eigenvalue weighted by atomic mass is 35.5. The van der Waals surface area contributed by atoms with Crippen LogP contribution in [-0.2, 0) is 0 Å². The maximum Gasteiger partial charge on any atom is 0.100 e. The molecule has 0 N–H and O–H groups in total. The highest BCUT2D eigenvalue weighted by Crippen LogP contribution is 2.30. The van der Waals surface area contributed by atoms with Gasteiger partial charge in [0.15, 0.2) is 0 Å². The van der Waals surface area contributed by atoms with E-state index in [1.165, 1.54) is 0 Å². The third kappa shape index (κ3) is 2.57. The fourth-order valence-electron chi connectivity index (χ4n) is 1.28. The molecule has 0 aromatic heterocycles. The Morgan fingerprint density at radius 2 is 1.69 bits per heavy atom. The Morgan fingerprint density at radius 1 is 1.00 bits per heavy atom. The molecular formula is C13H8ClNS. The van der Waals surface area contributed by atoms with Crippen LogP contribution in [0.25, 0.3) is 0 Å². The number of hydrogen-bond acceptors (Lipinski definition) is 2. The standard InChI is InChI=1S/C13H8ClNS/c14-11-5-7-12(8-6-11)16-13-4-2-1-3-10(13)9-15/h1-8H. The van der Waals surface area contributed by atoms with Gasteiger partial charge in [-0.2, -0.15) is 5.26 Å². The lowest BCUT2D eigenvalue weighted by Crippen LogP contribution is -1.79. The first-order valence-corrected chi connectivity index (χ1v) is 5.91. The van der Waals surface area contributed by atoms with E-state index in [4.69, 9.17) is 16.9 Å². The van der Waals surface area contributed by atoms with Crippen LogP contribution in [0.4, 0.5) is 0 Å². The van der Waals surface area contributed by atoms with E-state index < -0.39 is 0 Å². The zero-order chi connectivity index (χ0) is 11.4. The number of rotatable bonds is 2. The summed E-state index contributed by atoms with van der Waals surface area (Å²) in [7, 11) is 0. The van der Waals surface area contributed by atoms with E-state index >= 15 is 0 Å². The second-order valence-electron chi connectivity index (χ2n) is 3.16. The molecule has 3 heteroatoms. The van der Waals surface area contributed by atoms with Crippen LogP contribution in [0.2, 0.25) is 5.02 Å². The predicted octanol–water partition coefficient (Wildman–Crippen LogP) is 4.36. The van der Waals surface area contributed by atoms with Gasteiger partial charge >= 0.3 is 0 Å². The largest absolute Gasteiger partial charge is 0.192 e. The van der Waals surface area contributed by atoms with Crippen LogP contribution in [0.15, 0.2) is 58.3 Å². The number of benzene rings is 2. The average molecular weight is 246 g/mol. The smallest absolute Gasteiger partial charge is 0.100 e. The second-order valence-corrected chi connectivity index (χ2v) is 4.72. The summed E-state index contributed by atoms with van der Waals surface area (Å²) in [6, 6.07) is 17.3. The van der Waals surface area contributed by atoms with Crippen molar-refractivity contribution in [1.82, 2.24) is 0 Å². The van der Waals surface area contributed by atoms with Gasteiger partial charge in [-0.3, -0.25) is 0 Å². The van der Waals surface area contributed by atoms with Crippen molar-refractivity contribution < 1.29 is 0 Å². The van der Waals surface area contributed by atoms with E-state index in [-0.39, 0.29) is 0 Å². The molecule has 0 amide bonds. The third-order valence-electron chi connectivity index (χ3n) is 2.05. The van der Waals surface area contributed by atoms with E-state index in [0.717, 1.165) is 14.8 Å². The monoisotopic (exact) mass is 245 g/mol. The lowest BCUT2D eigenvalue weighted by molar-refractivity contribution is 1.35. The first-order valence-electron chi connectivity index (χ1n) is 4.72. The van der Waals surface area contributed by atoms with Gasteiger partial charge < -0.3 is 0 Å². The molecule has 0 bridgehead atoms. The van der Waals surface area contributed by atoms with Gasteiger partial charge in [-0.15, -0.1) is 0 Å². The van der Waals surface area contributed by atoms with Crippen molar-refractivity contribution in [2.75, 3.05) is 0 Å². The molecule has 2 aromatic rings. The van der Waals surface area contributed by atoms with Crippen LogP contribution in [0.5, 0.6) is 0 Å². The van der Waals surface area contributed by atoms with Gasteiger partial charge in [-0.1, -0.05) is 35.5 Å². The van der Waals surface area contributed by atoms with Crippen LogP contribution in [0.1, 0.15) is 5.56 Å². The molecule has 0 aliphatic heterocycles. The van der Waals surface area contributed by atoms with Crippen molar-refractivity contribution in [2.24, 2.45) is 0 Å². The van der Waals surface area contributed by atoms with Crippen LogP contribution < -0.4 is 0 Å². The molecule has 2 aromatic carbocycles. The minimum atomic E-state index is 0.697. The van der Waals surface area contributed by atoms with Gasteiger partial charge in [0.1, 0.15) is 6.07 Å². The second kappa shape index (κ2) is 5.07. The van der Waals surface area contributed by atoms with Gasteiger partial charge in [0, 0.05) is 14.8 Å².